The number of allylic oxidation sites excluding steroid dienone is 2. The quantitative estimate of drug-likeness (QED) is 0.574. The Morgan fingerprint density at radius 2 is 1.38 bits per heavy atom. The average Bonchev–Trinajstić information content (AvgIpc) is 2.34. The smallest absolute Gasteiger partial charge is 0.354 e. The van der Waals surface area contributed by atoms with Crippen LogP contribution in [0, 0.1) is 11.8 Å². The van der Waals surface area contributed by atoms with Crippen molar-refractivity contribution in [2.24, 2.45) is 11.8 Å². The molecule has 118 valence electrons. The molecule has 0 unspecified atom stereocenters. The number of carbonyl (C=O) groups excluding carboxylic acids is 3. The molecule has 0 rings (SSSR count). The molecular formula is C15H24N2O4. The van der Waals surface area contributed by atoms with E-state index in [0.29, 0.717) is 0 Å². The molecule has 2 N–H and O–H groups in total. The maximum Gasteiger partial charge on any atom is 0.354 e. The maximum atomic E-state index is 12.2. The molecule has 0 aliphatic heterocycles. The van der Waals surface area contributed by atoms with Crippen LogP contribution in [-0.2, 0) is 19.1 Å². The highest BCUT2D eigenvalue weighted by Gasteiger charge is 2.18. The van der Waals surface area contributed by atoms with Crippen LogP contribution in [0.1, 0.15) is 34.6 Å². The van der Waals surface area contributed by atoms with Gasteiger partial charge in [-0.25, -0.2) is 4.79 Å². The minimum Gasteiger partial charge on any atom is -0.464 e. The lowest BCUT2D eigenvalue weighted by Gasteiger charge is -2.13. The molecule has 0 aliphatic rings. The van der Waals surface area contributed by atoms with E-state index in [1.807, 2.05) is 27.7 Å². The molecule has 0 saturated heterocycles. The van der Waals surface area contributed by atoms with Gasteiger partial charge in [-0.1, -0.05) is 39.8 Å². The van der Waals surface area contributed by atoms with Gasteiger partial charge in [0.15, 0.2) is 0 Å². The lowest BCUT2D eigenvalue weighted by molar-refractivity contribution is -0.137. The second-order valence-electron chi connectivity index (χ2n) is 5.28. The van der Waals surface area contributed by atoms with E-state index in [-0.39, 0.29) is 29.1 Å². The van der Waals surface area contributed by atoms with E-state index in [1.165, 1.54) is 14.0 Å². The third kappa shape index (κ3) is 7.91. The second-order valence-corrected chi connectivity index (χ2v) is 5.28. The third-order valence-corrected chi connectivity index (χ3v) is 2.21. The van der Waals surface area contributed by atoms with Gasteiger partial charge in [-0.3, -0.25) is 9.59 Å². The molecule has 0 bridgehead atoms. The summed E-state index contributed by atoms with van der Waals surface area (Å²) in [5.74, 6) is -1.43. The predicted octanol–water partition coefficient (Wildman–Crippen LogP) is 1.49. The molecule has 0 atom stereocenters. The number of rotatable bonds is 6. The predicted molar refractivity (Wildman–Crippen MR) is 79.8 cm³/mol. The van der Waals surface area contributed by atoms with Gasteiger partial charge in [0.2, 0.25) is 5.91 Å². The summed E-state index contributed by atoms with van der Waals surface area (Å²) in [6.45, 7) is 8.80. The van der Waals surface area contributed by atoms with Crippen LogP contribution in [-0.4, -0.2) is 24.9 Å². The van der Waals surface area contributed by atoms with Crippen molar-refractivity contribution >= 4 is 17.8 Å². The number of hydrogen-bond acceptors (Lipinski definition) is 4. The first-order chi connectivity index (χ1) is 9.67. The van der Waals surface area contributed by atoms with Gasteiger partial charge in [0, 0.05) is 6.92 Å². The highest BCUT2D eigenvalue weighted by Crippen LogP contribution is 2.05. The summed E-state index contributed by atoms with van der Waals surface area (Å²) in [4.78, 5) is 35.0. The lowest BCUT2D eigenvalue weighted by atomic mass is 10.1. The molecule has 21 heavy (non-hydrogen) atoms. The molecule has 0 radical (unpaired) electrons. The summed E-state index contributed by atoms with van der Waals surface area (Å²) in [5.41, 5.74) is 0.161. The summed E-state index contributed by atoms with van der Waals surface area (Å²) >= 11 is 0. The fourth-order valence-corrected chi connectivity index (χ4v) is 1.49. The molecule has 6 nitrogen and oxygen atoms in total. The van der Waals surface area contributed by atoms with Gasteiger partial charge in [-0.15, -0.1) is 0 Å². The van der Waals surface area contributed by atoms with Gasteiger partial charge in [-0.2, -0.15) is 0 Å². The summed E-state index contributed by atoms with van der Waals surface area (Å²) < 4.78 is 4.63. The number of carbonyl (C=O) groups is 3. The molecule has 0 saturated carbocycles. The van der Waals surface area contributed by atoms with Crippen molar-refractivity contribution < 1.29 is 19.1 Å². The highest BCUT2D eigenvalue weighted by atomic mass is 16.5. The molecule has 0 heterocycles. The summed E-state index contributed by atoms with van der Waals surface area (Å²) in [6, 6.07) is 0. The molecular weight excluding hydrogens is 272 g/mol. The summed E-state index contributed by atoms with van der Waals surface area (Å²) in [5, 5.41) is 4.93. The Kier molecular flexibility index (Phi) is 8.04. The van der Waals surface area contributed by atoms with Crippen molar-refractivity contribution in [1.82, 2.24) is 10.6 Å². The second kappa shape index (κ2) is 8.94. The van der Waals surface area contributed by atoms with Gasteiger partial charge in [-0.05, 0) is 11.8 Å². The first-order valence-corrected chi connectivity index (χ1v) is 6.78. The lowest BCUT2D eigenvalue weighted by Crippen LogP contribution is -2.36. The monoisotopic (exact) mass is 296 g/mol. The third-order valence-electron chi connectivity index (χ3n) is 2.21. The van der Waals surface area contributed by atoms with Crippen LogP contribution >= 0.6 is 0 Å². The standard InChI is InChI=1S/C15H24N2O4/c1-9(2)7-12(16-11(5)18)14(19)17-13(8-10(3)4)15(20)21-6/h7-10H,1-6H3,(H,16,18)(H,17,19)/b12-7-,13-8-. The van der Waals surface area contributed by atoms with E-state index in [2.05, 4.69) is 15.4 Å². The van der Waals surface area contributed by atoms with Crippen molar-refractivity contribution in [3.63, 3.8) is 0 Å². The number of ether oxygens (including phenoxy) is 1. The molecule has 2 amide bonds. The largest absolute Gasteiger partial charge is 0.464 e. The number of methoxy groups -OCH3 is 1. The Labute approximate surface area is 125 Å². The molecule has 0 aromatic carbocycles. The minimum absolute atomic E-state index is 0.0532. The average molecular weight is 296 g/mol. The minimum atomic E-state index is -0.635. The van der Waals surface area contributed by atoms with Crippen molar-refractivity contribution in [3.05, 3.63) is 23.5 Å². The number of hydrogen-bond donors (Lipinski definition) is 2. The van der Waals surface area contributed by atoms with Gasteiger partial charge < -0.3 is 15.4 Å². The summed E-state index contributed by atoms with van der Waals surface area (Å²) in [7, 11) is 1.24. The molecule has 0 aromatic rings. The van der Waals surface area contributed by atoms with E-state index >= 15 is 0 Å². The first-order valence-electron chi connectivity index (χ1n) is 6.78. The zero-order valence-electron chi connectivity index (χ0n) is 13.4. The Balaban J connectivity index is 5.26. The van der Waals surface area contributed by atoms with Gasteiger partial charge in [0.25, 0.3) is 5.91 Å². The van der Waals surface area contributed by atoms with Gasteiger partial charge >= 0.3 is 5.97 Å². The SMILES string of the molecule is COC(=O)/C(=C/C(C)C)NC(=O)/C(=C/C(C)C)NC(C)=O. The maximum absolute atomic E-state index is 12.2. The van der Waals surface area contributed by atoms with E-state index in [4.69, 9.17) is 0 Å². The first kappa shape index (κ1) is 18.9. The Morgan fingerprint density at radius 3 is 1.76 bits per heavy atom. The van der Waals surface area contributed by atoms with Crippen LogP contribution in [0.15, 0.2) is 23.5 Å². The van der Waals surface area contributed by atoms with E-state index in [1.54, 1.807) is 12.2 Å². The number of nitrogens with one attached hydrogen (secondary N) is 2. The van der Waals surface area contributed by atoms with Crippen LogP contribution < -0.4 is 10.6 Å². The topological polar surface area (TPSA) is 84.5 Å². The van der Waals surface area contributed by atoms with Gasteiger partial charge in [0.05, 0.1) is 7.11 Å². The van der Waals surface area contributed by atoms with Crippen molar-refractivity contribution in [3.8, 4) is 0 Å². The van der Waals surface area contributed by atoms with Crippen LogP contribution in [0.2, 0.25) is 0 Å². The van der Waals surface area contributed by atoms with E-state index in [9.17, 15) is 14.4 Å². The molecule has 0 spiro atoms. The Bertz CT molecular complexity index is 462. The fourth-order valence-electron chi connectivity index (χ4n) is 1.49. The van der Waals surface area contributed by atoms with Crippen LogP contribution in [0.3, 0.4) is 0 Å². The molecule has 0 aliphatic carbocycles. The van der Waals surface area contributed by atoms with Crippen LogP contribution in [0.4, 0.5) is 0 Å². The summed E-state index contributed by atoms with van der Waals surface area (Å²) in [6.07, 6.45) is 3.20. The van der Waals surface area contributed by atoms with Crippen LogP contribution in [0.25, 0.3) is 0 Å². The van der Waals surface area contributed by atoms with Crippen molar-refractivity contribution in [1.29, 1.82) is 0 Å². The van der Waals surface area contributed by atoms with Gasteiger partial charge in [0.1, 0.15) is 11.4 Å². The highest BCUT2D eigenvalue weighted by molar-refractivity contribution is 6.02. The fraction of sp³-hybridized carbons (Fsp3) is 0.533. The number of amides is 2. The molecule has 0 fully saturated rings. The van der Waals surface area contributed by atoms with Crippen molar-refractivity contribution in [2.45, 2.75) is 34.6 Å². The zero-order valence-corrected chi connectivity index (χ0v) is 13.4. The molecule has 6 heteroatoms. The Morgan fingerprint density at radius 1 is 0.905 bits per heavy atom. The zero-order chi connectivity index (χ0) is 16.6. The normalized spacial score (nSPS) is 12.4. The van der Waals surface area contributed by atoms with E-state index < -0.39 is 11.9 Å². The number of esters is 1. The Hall–Kier alpha value is -2.11. The molecule has 0 aromatic heterocycles. The van der Waals surface area contributed by atoms with Crippen LogP contribution in [0.5, 0.6) is 0 Å². The van der Waals surface area contributed by atoms with E-state index in [0.717, 1.165) is 0 Å². The van der Waals surface area contributed by atoms with Crippen molar-refractivity contribution in [2.75, 3.05) is 7.11 Å².